The standard InChI is InChI=1S/C33H44IO2P/c1-3-35-33(36-4-2)28-20-9-7-5-6-8-10-21-29-34-37(30-22-14-11-15-23-30,31-24-16-12-17-25-31)32-26-18-13-19-27-32/h6,8,11-19,22-27,33H,3-5,7,9-10,20-21,28-29H2,1-2H3/b8-6-. The van der Waals surface area contributed by atoms with Crippen LogP contribution in [0.1, 0.15) is 58.8 Å². The van der Waals surface area contributed by atoms with Crippen molar-refractivity contribution in [2.24, 2.45) is 0 Å². The van der Waals surface area contributed by atoms with Crippen molar-refractivity contribution in [2.75, 3.05) is 17.6 Å². The Morgan fingerprint density at radius 1 is 0.622 bits per heavy atom. The molecule has 0 aliphatic carbocycles. The third-order valence-corrected chi connectivity index (χ3v) is 20.1. The Labute approximate surface area is 235 Å². The summed E-state index contributed by atoms with van der Waals surface area (Å²) < 4.78 is 12.6. The molecule has 3 aromatic rings. The normalized spacial score (nSPS) is 12.1. The molecule has 0 bridgehead atoms. The summed E-state index contributed by atoms with van der Waals surface area (Å²) in [5, 5.41) is 4.60. The molecule has 0 saturated heterocycles. The molecule has 0 radical (unpaired) electrons. The second-order valence-corrected chi connectivity index (χ2v) is 19.4. The minimum absolute atomic E-state index is 0.0218. The predicted molar refractivity (Wildman–Crippen MR) is 159 cm³/mol. The number of halogens is 1. The van der Waals surface area contributed by atoms with Gasteiger partial charge in [0.25, 0.3) is 0 Å². The summed E-state index contributed by atoms with van der Waals surface area (Å²) in [6.07, 6.45) is 13.1. The zero-order valence-corrected chi connectivity index (χ0v) is 25.7. The van der Waals surface area contributed by atoms with Crippen LogP contribution in [0.25, 0.3) is 0 Å². The molecule has 37 heavy (non-hydrogen) atoms. The first kappa shape index (κ1) is 30.0. The molecule has 0 N–H and O–H groups in total. The fourth-order valence-electron chi connectivity index (χ4n) is 4.51. The first-order valence-corrected chi connectivity index (χ1v) is 20.0. The predicted octanol–water partition coefficient (Wildman–Crippen LogP) is 4.67. The molecule has 0 amide bonds. The van der Waals surface area contributed by atoms with Gasteiger partial charge < -0.3 is 0 Å². The van der Waals surface area contributed by atoms with Crippen LogP contribution in [0.3, 0.4) is 0 Å². The van der Waals surface area contributed by atoms with Crippen molar-refractivity contribution in [1.29, 1.82) is 0 Å². The monoisotopic (exact) mass is 630 g/mol. The Kier molecular flexibility index (Phi) is 14.5. The van der Waals surface area contributed by atoms with E-state index in [0.717, 1.165) is 19.6 Å². The van der Waals surface area contributed by atoms with Gasteiger partial charge in [-0.15, -0.1) is 0 Å². The molecule has 0 unspecified atom stereocenters. The Balaban J connectivity index is 1.52. The summed E-state index contributed by atoms with van der Waals surface area (Å²) in [5.74, 6) is 0. The molecule has 2 nitrogen and oxygen atoms in total. The van der Waals surface area contributed by atoms with E-state index in [1.807, 2.05) is 13.8 Å². The topological polar surface area (TPSA) is 18.5 Å². The maximum absolute atomic E-state index is 5.64. The van der Waals surface area contributed by atoms with E-state index < -0.39 is 4.90 Å². The van der Waals surface area contributed by atoms with Gasteiger partial charge in [0.15, 0.2) is 0 Å². The van der Waals surface area contributed by atoms with Crippen LogP contribution in [-0.4, -0.2) is 23.9 Å². The van der Waals surface area contributed by atoms with Gasteiger partial charge in [0, 0.05) is 13.2 Å². The van der Waals surface area contributed by atoms with Crippen LogP contribution < -0.4 is 36.6 Å². The van der Waals surface area contributed by atoms with Crippen LogP contribution in [0.2, 0.25) is 0 Å². The minimum atomic E-state index is -1.58. The van der Waals surface area contributed by atoms with E-state index in [1.54, 1.807) is 0 Å². The molecule has 0 saturated carbocycles. The first-order valence-electron chi connectivity index (χ1n) is 13.9. The number of allylic oxidation sites excluding steroid dienone is 2. The van der Waals surface area contributed by atoms with E-state index in [4.69, 9.17) is 9.47 Å². The van der Waals surface area contributed by atoms with Crippen molar-refractivity contribution in [3.8, 4) is 0 Å². The third-order valence-electron chi connectivity index (χ3n) is 6.29. The Hall–Kier alpha value is -1.52. The zero-order valence-electron chi connectivity index (χ0n) is 22.6. The minimum Gasteiger partial charge on any atom is -0.0414 e. The summed E-state index contributed by atoms with van der Waals surface area (Å²) in [4.78, 5) is -1.58. The molecule has 200 valence electrons. The van der Waals surface area contributed by atoms with E-state index in [9.17, 15) is 0 Å². The first-order chi connectivity index (χ1) is 18.3. The summed E-state index contributed by atoms with van der Waals surface area (Å²) in [6, 6.07) is 34.0. The second-order valence-electron chi connectivity index (χ2n) is 9.00. The van der Waals surface area contributed by atoms with Crippen molar-refractivity contribution in [3.63, 3.8) is 0 Å². The van der Waals surface area contributed by atoms with E-state index in [1.165, 1.54) is 58.9 Å². The van der Waals surface area contributed by atoms with Crippen molar-refractivity contribution in [1.82, 2.24) is 0 Å². The van der Waals surface area contributed by atoms with Gasteiger partial charge in [0.2, 0.25) is 0 Å². The number of alkyl halides is 1. The van der Waals surface area contributed by atoms with Crippen LogP contribution in [0.4, 0.5) is 0 Å². The number of benzene rings is 3. The summed E-state index contributed by atoms with van der Waals surface area (Å²) in [5.41, 5.74) is 0. The molecular weight excluding hydrogens is 586 g/mol. The molecule has 0 atom stereocenters. The van der Waals surface area contributed by atoms with Crippen molar-refractivity contribution >= 4 is 20.8 Å². The number of ether oxygens (including phenoxy) is 2. The molecule has 3 aromatic carbocycles. The van der Waals surface area contributed by atoms with Crippen molar-refractivity contribution in [3.05, 3.63) is 103 Å². The average molecular weight is 631 g/mol. The molecule has 0 aliphatic heterocycles. The molecule has 0 aliphatic rings. The molecule has 0 aromatic heterocycles. The van der Waals surface area contributed by atoms with Crippen molar-refractivity contribution < 1.29 is 30.1 Å². The molecule has 4 heteroatoms. The molecule has 0 spiro atoms. The van der Waals surface area contributed by atoms with Crippen LogP contribution in [0, 0.1) is 0 Å². The van der Waals surface area contributed by atoms with Gasteiger partial charge in [-0.3, -0.25) is 0 Å². The summed E-state index contributed by atoms with van der Waals surface area (Å²) in [7, 11) is 0. The third kappa shape index (κ3) is 9.62. The van der Waals surface area contributed by atoms with Gasteiger partial charge in [-0.05, 0) is 13.8 Å². The van der Waals surface area contributed by atoms with Crippen LogP contribution >= 0.6 is 4.90 Å². The molecule has 0 fully saturated rings. The SMILES string of the molecule is CCOC(CCCCC/C=C\CCC[I-][P+](c1ccccc1)(c1ccccc1)c1ccccc1)OCC. The maximum atomic E-state index is 5.64. The van der Waals surface area contributed by atoms with Gasteiger partial charge in [-0.2, -0.15) is 0 Å². The van der Waals surface area contributed by atoms with Gasteiger partial charge in [0.05, 0.1) is 0 Å². The molecule has 0 heterocycles. The number of hydrogen-bond acceptors (Lipinski definition) is 2. The fraction of sp³-hybridized carbons (Fsp3) is 0.394. The Morgan fingerprint density at radius 3 is 1.54 bits per heavy atom. The van der Waals surface area contributed by atoms with Gasteiger partial charge in [-0.25, -0.2) is 0 Å². The summed E-state index contributed by atoms with van der Waals surface area (Å²) >= 11 is -0.0581. The van der Waals surface area contributed by atoms with E-state index >= 15 is 0 Å². The number of rotatable bonds is 18. The van der Waals surface area contributed by atoms with Crippen LogP contribution in [-0.2, 0) is 9.47 Å². The summed E-state index contributed by atoms with van der Waals surface area (Å²) in [6.45, 7) is 5.51. The van der Waals surface area contributed by atoms with Gasteiger partial charge in [-0.1, -0.05) is 0 Å². The number of hydrogen-bond donors (Lipinski definition) is 0. The fourth-order valence-corrected chi connectivity index (χ4v) is 18.0. The second kappa shape index (κ2) is 17.9. The van der Waals surface area contributed by atoms with Crippen molar-refractivity contribution in [2.45, 2.75) is 65.1 Å². The van der Waals surface area contributed by atoms with E-state index in [-0.39, 0.29) is 26.9 Å². The Morgan fingerprint density at radius 2 is 1.08 bits per heavy atom. The number of unbranched alkanes of at least 4 members (excludes halogenated alkanes) is 4. The average Bonchev–Trinajstić information content (AvgIpc) is 2.95. The smallest absolute Gasteiger partial charge is 0.0414 e. The van der Waals surface area contributed by atoms with E-state index in [0.29, 0.717) is 0 Å². The molecular formula is C33H44IO2P. The van der Waals surface area contributed by atoms with Gasteiger partial charge >= 0.3 is 210 Å². The van der Waals surface area contributed by atoms with Gasteiger partial charge in [0.1, 0.15) is 0 Å². The molecule has 3 rings (SSSR count). The Bertz CT molecular complexity index is 892. The van der Waals surface area contributed by atoms with Crippen LogP contribution in [0.5, 0.6) is 0 Å². The van der Waals surface area contributed by atoms with Crippen LogP contribution in [0.15, 0.2) is 103 Å². The van der Waals surface area contributed by atoms with E-state index in [2.05, 4.69) is 103 Å². The quantitative estimate of drug-likeness (QED) is 0.0509. The zero-order chi connectivity index (χ0) is 26.0.